The molecule has 6 heteroatoms. The predicted molar refractivity (Wildman–Crippen MR) is 107 cm³/mol. The van der Waals surface area contributed by atoms with Crippen molar-refractivity contribution in [2.45, 2.75) is 13.1 Å². The monoisotopic (exact) mass is 468 g/mol. The zero-order valence-corrected chi connectivity index (χ0v) is 19.5. The van der Waals surface area contributed by atoms with Crippen molar-refractivity contribution in [3.63, 3.8) is 0 Å². The second kappa shape index (κ2) is 11.3. The van der Waals surface area contributed by atoms with Crippen LogP contribution in [0.3, 0.4) is 0 Å². The molecule has 0 saturated heterocycles. The Morgan fingerprint density at radius 3 is 2.32 bits per heavy atom. The molecule has 1 unspecified atom stereocenters. The Bertz CT molecular complexity index is 898. The number of hydrogen-bond acceptors (Lipinski definition) is 4. The van der Waals surface area contributed by atoms with E-state index in [1.54, 1.807) is 42.5 Å². The molecule has 1 radical (unpaired) electrons. The predicted octanol–water partition coefficient (Wildman–Crippen LogP) is 4.80. The van der Waals surface area contributed by atoms with Crippen LogP contribution in [0.5, 0.6) is 17.2 Å². The van der Waals surface area contributed by atoms with E-state index in [-0.39, 0.29) is 45.5 Å². The van der Waals surface area contributed by atoms with Gasteiger partial charge in [0.1, 0.15) is 11.5 Å². The van der Waals surface area contributed by atoms with Crippen molar-refractivity contribution >= 4 is 15.2 Å². The molecule has 0 aromatic heterocycles. The van der Waals surface area contributed by atoms with Crippen LogP contribution in [0.4, 0.5) is 0 Å². The number of ether oxygens (including phenoxy) is 3. The summed E-state index contributed by atoms with van der Waals surface area (Å²) in [4.78, 5) is 12.3. The average Bonchev–Trinajstić information content (AvgIpc) is 2.70. The summed E-state index contributed by atoms with van der Waals surface area (Å²) >= 11 is 0. The summed E-state index contributed by atoms with van der Waals surface area (Å²) in [5, 5.41) is 0. The van der Waals surface area contributed by atoms with Crippen LogP contribution in [0.2, 0.25) is 0 Å². The number of carbonyl (C=O) groups is 1. The standard InChI is InChI=1S/C22H20O4P.Y/c1-16-13-20(26-22(23)18-9-7-17(14-27)8-10-18)11-12-21(16)25-15-24-19-5-3-2-4-6-19;/h3-13H,14-15,27H2,1H3;/q-1;. The maximum absolute atomic E-state index is 12.3. The molecule has 1 atom stereocenters. The van der Waals surface area contributed by atoms with Gasteiger partial charge in [-0.15, -0.1) is 21.4 Å². The molecule has 3 aromatic carbocycles. The van der Waals surface area contributed by atoms with E-state index < -0.39 is 0 Å². The van der Waals surface area contributed by atoms with Crippen molar-refractivity contribution in [2.24, 2.45) is 0 Å². The zero-order valence-electron chi connectivity index (χ0n) is 15.6. The topological polar surface area (TPSA) is 44.8 Å². The van der Waals surface area contributed by atoms with E-state index in [1.165, 1.54) is 0 Å². The Labute approximate surface area is 192 Å². The summed E-state index contributed by atoms with van der Waals surface area (Å²) in [5.74, 6) is 1.47. The van der Waals surface area contributed by atoms with Crippen LogP contribution in [0, 0.1) is 13.0 Å². The summed E-state index contributed by atoms with van der Waals surface area (Å²) in [6.45, 7) is 1.98. The number of benzene rings is 3. The van der Waals surface area contributed by atoms with Crippen LogP contribution in [-0.2, 0) is 38.9 Å². The van der Waals surface area contributed by atoms with Crippen LogP contribution in [-0.4, -0.2) is 12.8 Å². The molecule has 0 aliphatic carbocycles. The number of hydrogen-bond donors (Lipinski definition) is 0. The molecule has 0 amide bonds. The second-order valence-electron chi connectivity index (χ2n) is 5.86. The SMILES string of the molecule is Cc1cc(OC(=O)c2ccc(CP)cc2)ccc1OCOc1cc[c-]cc1.[Y]. The van der Waals surface area contributed by atoms with Gasteiger partial charge < -0.3 is 14.2 Å². The normalized spacial score (nSPS) is 9.93. The van der Waals surface area contributed by atoms with Gasteiger partial charge in [-0.05, 0) is 54.5 Å². The second-order valence-corrected chi connectivity index (χ2v) is 6.27. The first-order chi connectivity index (χ1) is 13.2. The Kier molecular flexibility index (Phi) is 9.11. The van der Waals surface area contributed by atoms with E-state index in [4.69, 9.17) is 14.2 Å². The Morgan fingerprint density at radius 1 is 0.964 bits per heavy atom. The fourth-order valence-electron chi connectivity index (χ4n) is 2.42. The number of aryl methyl sites for hydroxylation is 1. The van der Waals surface area contributed by atoms with E-state index in [9.17, 15) is 4.79 Å². The third-order valence-electron chi connectivity index (χ3n) is 3.91. The number of carbonyl (C=O) groups excluding carboxylic acids is 1. The average molecular weight is 468 g/mol. The molecule has 141 valence electrons. The van der Waals surface area contributed by atoms with Gasteiger partial charge in [0, 0.05) is 38.5 Å². The molecule has 0 saturated carbocycles. The van der Waals surface area contributed by atoms with Crippen molar-refractivity contribution in [1.29, 1.82) is 0 Å². The first-order valence-electron chi connectivity index (χ1n) is 8.49. The molecule has 3 rings (SSSR count). The summed E-state index contributed by atoms with van der Waals surface area (Å²) in [6, 6.07) is 22.7. The van der Waals surface area contributed by atoms with E-state index in [1.807, 2.05) is 31.2 Å². The number of rotatable bonds is 7. The van der Waals surface area contributed by atoms with Gasteiger partial charge in [0.2, 0.25) is 6.79 Å². The minimum atomic E-state index is -0.386. The molecule has 0 N–H and O–H groups in total. The van der Waals surface area contributed by atoms with E-state index in [0.717, 1.165) is 17.3 Å². The van der Waals surface area contributed by atoms with Crippen molar-refractivity contribution in [2.75, 3.05) is 6.79 Å². The molecular weight excluding hydrogens is 448 g/mol. The molecule has 0 aliphatic rings. The molecule has 28 heavy (non-hydrogen) atoms. The third kappa shape index (κ3) is 6.41. The summed E-state index contributed by atoms with van der Waals surface area (Å²) in [7, 11) is 2.65. The van der Waals surface area contributed by atoms with Gasteiger partial charge in [0.05, 0.1) is 5.56 Å². The van der Waals surface area contributed by atoms with Crippen molar-refractivity contribution in [3.05, 3.63) is 89.5 Å². The van der Waals surface area contributed by atoms with Gasteiger partial charge >= 0.3 is 5.97 Å². The van der Waals surface area contributed by atoms with Crippen LogP contribution in [0.15, 0.2) is 66.7 Å². The first-order valence-corrected chi connectivity index (χ1v) is 9.31. The minimum Gasteiger partial charge on any atom is -0.483 e. The summed E-state index contributed by atoms with van der Waals surface area (Å²) < 4.78 is 16.6. The Balaban J connectivity index is 0.00000280. The van der Waals surface area contributed by atoms with Gasteiger partial charge in [0.25, 0.3) is 0 Å². The van der Waals surface area contributed by atoms with Gasteiger partial charge in [-0.2, -0.15) is 18.2 Å². The first kappa shape index (κ1) is 22.6. The molecule has 0 fully saturated rings. The Hall–Kier alpha value is -1.74. The zero-order chi connectivity index (χ0) is 19.1. The fourth-order valence-corrected chi connectivity index (χ4v) is 2.69. The molecule has 0 bridgehead atoms. The molecule has 0 spiro atoms. The third-order valence-corrected chi connectivity index (χ3v) is 4.38. The van der Waals surface area contributed by atoms with E-state index in [0.29, 0.717) is 22.8 Å². The maximum atomic E-state index is 12.3. The van der Waals surface area contributed by atoms with E-state index >= 15 is 0 Å². The van der Waals surface area contributed by atoms with Crippen LogP contribution >= 0.6 is 9.24 Å². The maximum Gasteiger partial charge on any atom is 0.343 e. The van der Waals surface area contributed by atoms with Crippen molar-refractivity contribution in [1.82, 2.24) is 0 Å². The molecule has 4 nitrogen and oxygen atoms in total. The summed E-state index contributed by atoms with van der Waals surface area (Å²) in [5.41, 5.74) is 2.51. The van der Waals surface area contributed by atoms with Crippen molar-refractivity contribution in [3.8, 4) is 17.2 Å². The van der Waals surface area contributed by atoms with Crippen LogP contribution < -0.4 is 14.2 Å². The molecule has 0 heterocycles. The van der Waals surface area contributed by atoms with Crippen LogP contribution in [0.25, 0.3) is 0 Å². The van der Waals surface area contributed by atoms with Gasteiger partial charge in [-0.25, -0.2) is 4.79 Å². The smallest absolute Gasteiger partial charge is 0.343 e. The molecular formula is C22H20O4PY-. The minimum absolute atomic E-state index is 0. The molecule has 0 aliphatic heterocycles. The largest absolute Gasteiger partial charge is 0.483 e. The Morgan fingerprint density at radius 2 is 1.68 bits per heavy atom. The van der Waals surface area contributed by atoms with Gasteiger partial charge in [0.15, 0.2) is 0 Å². The fraction of sp³-hybridized carbons (Fsp3) is 0.136. The quantitative estimate of drug-likeness (QED) is 0.164. The van der Waals surface area contributed by atoms with Gasteiger partial charge in [-0.3, -0.25) is 0 Å². The van der Waals surface area contributed by atoms with Crippen LogP contribution in [0.1, 0.15) is 21.5 Å². The van der Waals surface area contributed by atoms with E-state index in [2.05, 4.69) is 15.3 Å². The number of esters is 1. The van der Waals surface area contributed by atoms with Gasteiger partial charge in [-0.1, -0.05) is 12.1 Å². The summed E-state index contributed by atoms with van der Waals surface area (Å²) in [6.07, 6.45) is 0.850. The molecule has 3 aromatic rings. The van der Waals surface area contributed by atoms with Crippen molar-refractivity contribution < 1.29 is 51.7 Å².